The molecule has 1 aromatic carbocycles. The molecular formula is C26H29N5OS. The van der Waals surface area contributed by atoms with Crippen LogP contribution in [0.5, 0.6) is 0 Å². The molecule has 1 saturated heterocycles. The number of rotatable bonds is 7. The number of anilines is 2. The van der Waals surface area contributed by atoms with Gasteiger partial charge in [-0.05, 0) is 87.0 Å². The number of carbonyl (C=O) groups is 1. The molecule has 6 nitrogen and oxygen atoms in total. The Balaban J connectivity index is 1.17. The molecule has 1 N–H and O–H groups in total. The Morgan fingerprint density at radius 2 is 2.12 bits per heavy atom. The molecule has 3 aromatic rings. The fraction of sp³-hybridized carbons (Fsp3) is 0.462. The highest BCUT2D eigenvalue weighted by Crippen LogP contribution is 2.41. The summed E-state index contributed by atoms with van der Waals surface area (Å²) in [5.41, 5.74) is 4.78. The molecule has 2 aliphatic heterocycles. The molecule has 7 heteroatoms. The van der Waals surface area contributed by atoms with Crippen molar-refractivity contribution < 1.29 is 4.79 Å². The van der Waals surface area contributed by atoms with Crippen molar-refractivity contribution in [2.75, 3.05) is 25.0 Å². The maximum absolute atomic E-state index is 12.9. The van der Waals surface area contributed by atoms with Gasteiger partial charge < -0.3 is 10.2 Å². The summed E-state index contributed by atoms with van der Waals surface area (Å²) in [5.74, 6) is 1.47. The lowest BCUT2D eigenvalue weighted by Crippen LogP contribution is -2.24. The minimum absolute atomic E-state index is 0.157. The monoisotopic (exact) mass is 459 g/mol. The summed E-state index contributed by atoms with van der Waals surface area (Å²) >= 11 is 1.74. The van der Waals surface area contributed by atoms with Crippen LogP contribution in [0.2, 0.25) is 0 Å². The van der Waals surface area contributed by atoms with Crippen molar-refractivity contribution in [2.45, 2.75) is 51.5 Å². The number of carbonyl (C=O) groups excluding carboxylic acids is 1. The summed E-state index contributed by atoms with van der Waals surface area (Å²) in [5, 5.41) is 4.65. The second kappa shape index (κ2) is 8.95. The Morgan fingerprint density at radius 3 is 3.03 bits per heavy atom. The molecule has 0 saturated carbocycles. The van der Waals surface area contributed by atoms with Crippen molar-refractivity contribution >= 4 is 45.1 Å². The number of aromatic nitrogens is 2. The third-order valence-electron chi connectivity index (χ3n) is 7.30. The first-order valence-corrected chi connectivity index (χ1v) is 13.0. The number of benzene rings is 1. The second-order valence-corrected chi connectivity index (χ2v) is 10.6. The van der Waals surface area contributed by atoms with E-state index < -0.39 is 0 Å². The lowest BCUT2D eigenvalue weighted by Gasteiger charge is -2.22. The van der Waals surface area contributed by atoms with Gasteiger partial charge in [0.1, 0.15) is 22.8 Å². The van der Waals surface area contributed by atoms with E-state index in [9.17, 15) is 4.79 Å². The number of nitrogens with zero attached hydrogens (tertiary/aromatic N) is 4. The molecule has 1 fully saturated rings. The molecule has 1 atom stereocenters. The average Bonchev–Trinajstić information content (AvgIpc) is 3.58. The topological polar surface area (TPSA) is 70.5 Å². The van der Waals surface area contributed by atoms with E-state index in [-0.39, 0.29) is 5.92 Å². The van der Waals surface area contributed by atoms with Gasteiger partial charge in [0, 0.05) is 29.1 Å². The number of nitrogens with one attached hydrogen (secondary N) is 1. The molecule has 3 aliphatic rings. The van der Waals surface area contributed by atoms with Crippen LogP contribution in [0.3, 0.4) is 0 Å². The summed E-state index contributed by atoms with van der Waals surface area (Å²) in [6.45, 7) is 4.26. The van der Waals surface area contributed by atoms with Gasteiger partial charge >= 0.3 is 0 Å². The van der Waals surface area contributed by atoms with Crippen LogP contribution >= 0.6 is 11.3 Å². The normalized spacial score (nSPS) is 19.7. The number of ketones is 1. The van der Waals surface area contributed by atoms with Crippen LogP contribution in [0, 0.1) is 5.92 Å². The summed E-state index contributed by atoms with van der Waals surface area (Å²) in [6, 6.07) is 6.36. The molecule has 0 radical (unpaired) electrons. The van der Waals surface area contributed by atoms with Gasteiger partial charge in [-0.3, -0.25) is 9.79 Å². The van der Waals surface area contributed by atoms with Crippen molar-refractivity contribution in [3.05, 3.63) is 46.1 Å². The largest absolute Gasteiger partial charge is 0.340 e. The number of fused-ring (bicyclic) bond motifs is 4. The van der Waals surface area contributed by atoms with Crippen LogP contribution in [-0.2, 0) is 24.2 Å². The molecule has 6 rings (SSSR count). The number of Topliss-reactive ketones (excluding diaryl/α,β-unsaturated/α-hetero) is 1. The minimum atomic E-state index is 0.157. The van der Waals surface area contributed by atoms with Crippen molar-refractivity contribution in [3.8, 4) is 0 Å². The number of hydrogen-bond donors (Lipinski definition) is 1. The predicted octanol–water partition coefficient (Wildman–Crippen LogP) is 4.92. The molecule has 4 heterocycles. The molecule has 170 valence electrons. The Labute approximate surface area is 198 Å². The van der Waals surface area contributed by atoms with Crippen LogP contribution in [0.15, 0.2) is 29.5 Å². The first kappa shape index (κ1) is 20.9. The van der Waals surface area contributed by atoms with E-state index >= 15 is 0 Å². The SMILES string of the molecule is O=C(CCCN1CCCC1)C1CCc2c(sc3ncnc(Nc4ccc5c(c4)C=NC5)c23)C1. The van der Waals surface area contributed by atoms with E-state index in [1.54, 1.807) is 17.7 Å². The van der Waals surface area contributed by atoms with Gasteiger partial charge in [0.25, 0.3) is 0 Å². The first-order chi connectivity index (χ1) is 16.2. The Hall–Kier alpha value is -2.64. The third-order valence-corrected chi connectivity index (χ3v) is 8.46. The Morgan fingerprint density at radius 1 is 1.21 bits per heavy atom. The van der Waals surface area contributed by atoms with Gasteiger partial charge in [-0.2, -0.15) is 0 Å². The van der Waals surface area contributed by atoms with Gasteiger partial charge in [0.05, 0.1) is 11.9 Å². The highest BCUT2D eigenvalue weighted by atomic mass is 32.1. The fourth-order valence-electron chi connectivity index (χ4n) is 5.48. The van der Waals surface area contributed by atoms with Gasteiger partial charge in [0.15, 0.2) is 0 Å². The zero-order valence-electron chi connectivity index (χ0n) is 18.8. The minimum Gasteiger partial charge on any atom is -0.340 e. The van der Waals surface area contributed by atoms with E-state index in [4.69, 9.17) is 0 Å². The molecule has 0 spiro atoms. The molecule has 1 aliphatic carbocycles. The summed E-state index contributed by atoms with van der Waals surface area (Å²) < 4.78 is 0. The number of aliphatic imine (C=N–C) groups is 1. The number of likely N-dealkylation sites (tertiary alicyclic amines) is 1. The lowest BCUT2D eigenvalue weighted by atomic mass is 9.84. The lowest BCUT2D eigenvalue weighted by molar-refractivity contribution is -0.123. The molecule has 0 bridgehead atoms. The molecule has 0 amide bonds. The van der Waals surface area contributed by atoms with Crippen molar-refractivity contribution in [3.63, 3.8) is 0 Å². The zero-order chi connectivity index (χ0) is 22.2. The highest BCUT2D eigenvalue weighted by molar-refractivity contribution is 7.19. The summed E-state index contributed by atoms with van der Waals surface area (Å²) in [6.07, 6.45) is 10.6. The van der Waals surface area contributed by atoms with Gasteiger partial charge in [0.2, 0.25) is 0 Å². The quantitative estimate of drug-likeness (QED) is 0.543. The van der Waals surface area contributed by atoms with Crippen LogP contribution < -0.4 is 5.32 Å². The van der Waals surface area contributed by atoms with Gasteiger partial charge in [-0.25, -0.2) is 9.97 Å². The first-order valence-electron chi connectivity index (χ1n) is 12.1. The van der Waals surface area contributed by atoms with E-state index in [1.807, 2.05) is 6.21 Å². The van der Waals surface area contributed by atoms with Crippen molar-refractivity contribution in [2.24, 2.45) is 10.9 Å². The Bertz CT molecular complexity index is 1230. The molecule has 1 unspecified atom stereocenters. The smallest absolute Gasteiger partial charge is 0.142 e. The van der Waals surface area contributed by atoms with Gasteiger partial charge in [-0.1, -0.05) is 6.07 Å². The maximum Gasteiger partial charge on any atom is 0.142 e. The number of hydrogen-bond acceptors (Lipinski definition) is 7. The summed E-state index contributed by atoms with van der Waals surface area (Å²) in [4.78, 5) is 31.3. The third kappa shape index (κ3) is 4.20. The standard InChI is InChI=1S/C26H29N5OS/c32-22(4-3-11-31-9-1-2-10-31)17-6-8-21-23(13-17)33-26-24(21)25(28-16-29-26)30-20-7-5-18-14-27-15-19(18)12-20/h5,7,12,15-17H,1-4,6,8-11,13-14H2,(H,28,29,30). The molecule has 2 aromatic heterocycles. The van der Waals surface area contributed by atoms with E-state index in [0.717, 1.165) is 66.9 Å². The van der Waals surface area contributed by atoms with Crippen LogP contribution in [0.4, 0.5) is 11.5 Å². The summed E-state index contributed by atoms with van der Waals surface area (Å²) in [7, 11) is 0. The molecular weight excluding hydrogens is 430 g/mol. The van der Waals surface area contributed by atoms with Gasteiger partial charge in [-0.15, -0.1) is 11.3 Å². The van der Waals surface area contributed by atoms with Crippen LogP contribution in [0.1, 0.15) is 53.7 Å². The number of thiophene rings is 1. The van der Waals surface area contributed by atoms with E-state index in [2.05, 4.69) is 43.4 Å². The second-order valence-electron chi connectivity index (χ2n) is 9.47. The highest BCUT2D eigenvalue weighted by Gasteiger charge is 2.29. The van der Waals surface area contributed by atoms with E-state index in [1.165, 1.54) is 47.5 Å². The number of aryl methyl sites for hydroxylation is 1. The predicted molar refractivity (Wildman–Crippen MR) is 134 cm³/mol. The molecule has 33 heavy (non-hydrogen) atoms. The maximum atomic E-state index is 12.9. The van der Waals surface area contributed by atoms with Crippen molar-refractivity contribution in [1.82, 2.24) is 14.9 Å². The van der Waals surface area contributed by atoms with Crippen LogP contribution in [-0.4, -0.2) is 46.5 Å². The van der Waals surface area contributed by atoms with Crippen LogP contribution in [0.25, 0.3) is 10.2 Å². The zero-order valence-corrected chi connectivity index (χ0v) is 19.7. The Kier molecular flexibility index (Phi) is 5.68. The van der Waals surface area contributed by atoms with E-state index in [0.29, 0.717) is 5.78 Å². The van der Waals surface area contributed by atoms with Crippen molar-refractivity contribution in [1.29, 1.82) is 0 Å². The fourth-order valence-corrected chi connectivity index (χ4v) is 6.75. The average molecular weight is 460 g/mol.